The number of nitrogens with two attached hydrogens (primary N) is 2. The highest BCUT2D eigenvalue weighted by Crippen LogP contribution is 2.12. The zero-order valence-electron chi connectivity index (χ0n) is 49.9. The normalized spacial score (nSPS) is 15.0. The molecule has 0 aromatic heterocycles. The van der Waals surface area contributed by atoms with Gasteiger partial charge in [0.15, 0.2) is 0 Å². The van der Waals surface area contributed by atoms with Crippen LogP contribution in [0, 0.1) is 23.7 Å². The molecule has 486 valence electrons. The van der Waals surface area contributed by atoms with E-state index >= 15 is 0 Å². The number of carboxylic acids is 3. The second kappa shape index (κ2) is 38.4. The van der Waals surface area contributed by atoms with Crippen LogP contribution in [0.5, 0.6) is 0 Å². The van der Waals surface area contributed by atoms with Gasteiger partial charge in [0.05, 0.1) is 19.3 Å². The highest BCUT2D eigenvalue weighted by atomic mass is 16.4. The first-order chi connectivity index (χ1) is 39.8. The largest absolute Gasteiger partial charge is 0.481 e. The molecule has 0 aliphatic heterocycles. The van der Waals surface area contributed by atoms with Gasteiger partial charge in [0.1, 0.15) is 60.4 Å². The molecule has 0 aliphatic rings. The minimum atomic E-state index is -1.87. The Kier molecular flexibility index (Phi) is 34.6. The van der Waals surface area contributed by atoms with Crippen molar-refractivity contribution in [2.75, 3.05) is 13.2 Å². The summed E-state index contributed by atoms with van der Waals surface area (Å²) >= 11 is 0. The van der Waals surface area contributed by atoms with Crippen LogP contribution in [0.25, 0.3) is 0 Å². The number of hydrogen-bond acceptors (Lipinski definition) is 18. The first kappa shape index (κ1) is 77.4. The Labute approximate surface area is 496 Å². The summed E-state index contributed by atoms with van der Waals surface area (Å²) in [6.45, 7) is 12.6. The Morgan fingerprint density at radius 1 is 0.384 bits per heavy atom. The molecular weight excluding hydrogens is 1140 g/mol. The average Bonchev–Trinajstić information content (AvgIpc) is 3.56. The Hall–Kier alpha value is -8.56. The molecule has 0 heterocycles. The van der Waals surface area contributed by atoms with Crippen molar-refractivity contribution < 1.29 is 102 Å². The predicted molar refractivity (Wildman–Crippen MR) is 299 cm³/mol. The third-order valence-corrected chi connectivity index (χ3v) is 12.6. The minimum absolute atomic E-state index is 0.100. The van der Waals surface area contributed by atoms with Crippen LogP contribution in [0.2, 0.25) is 0 Å². The fourth-order valence-corrected chi connectivity index (χ4v) is 7.95. The molecule has 34 heteroatoms. The molecule has 0 spiro atoms. The summed E-state index contributed by atoms with van der Waals surface area (Å²) in [5.41, 5.74) is 10.8. The second-order valence-electron chi connectivity index (χ2n) is 21.8. The van der Waals surface area contributed by atoms with E-state index in [1.807, 2.05) is 0 Å². The molecule has 0 aromatic rings. The number of aliphatic carboxylic acids is 3. The second-order valence-corrected chi connectivity index (χ2v) is 21.8. The van der Waals surface area contributed by atoms with Gasteiger partial charge in [-0.15, -0.1) is 0 Å². The average molecular weight is 1230 g/mol. The van der Waals surface area contributed by atoms with Crippen LogP contribution in [0.15, 0.2) is 0 Å². The molecule has 13 amide bonds. The first-order valence-electron chi connectivity index (χ1n) is 27.6. The van der Waals surface area contributed by atoms with Crippen LogP contribution in [0.4, 0.5) is 0 Å². The topological polar surface area (TPSA) is 559 Å². The van der Waals surface area contributed by atoms with Crippen LogP contribution in [0.1, 0.15) is 127 Å². The van der Waals surface area contributed by atoms with E-state index < -0.39 is 243 Å². The van der Waals surface area contributed by atoms with Crippen molar-refractivity contribution in [3.63, 3.8) is 0 Å². The molecule has 20 N–H and O–H groups in total. The Morgan fingerprint density at radius 3 is 1.07 bits per heavy atom. The molecule has 0 aliphatic carbocycles. The lowest BCUT2D eigenvalue weighted by atomic mass is 10.00. The van der Waals surface area contributed by atoms with Crippen molar-refractivity contribution >= 4 is 94.7 Å². The van der Waals surface area contributed by atoms with Crippen LogP contribution in [-0.4, -0.2) is 200 Å². The quantitative estimate of drug-likeness (QED) is 0.0271. The number of amides is 13. The van der Waals surface area contributed by atoms with Crippen molar-refractivity contribution in [1.29, 1.82) is 0 Å². The van der Waals surface area contributed by atoms with Crippen molar-refractivity contribution in [1.82, 2.24) is 58.5 Å². The van der Waals surface area contributed by atoms with E-state index in [9.17, 15) is 97.1 Å². The standard InChI is InChI=1S/C52H87N13O21/c1-22(2)19-32(48(82)58-30(13-17-37(73)74)46(80)63-39(23(3)4)43(54)77)60-45(79)29(11-15-34(53)69)59-49(83)33(21-66)61-51(85)41(25(7)8)62-35(70)20-55-50(84)40(24(5)6)64-52(86)42(26(9)67)65-47(81)31(14-18-38(75)76)57-44(78)28(56-27(10)68)12-16-36(71)72/h22-26,28-33,39-42,66-67H,11-21H2,1-10H3,(H2,53,69)(H2,54,77)(H,55,84)(H,56,68)(H,57,78)(H,58,82)(H,59,83)(H,60,79)(H,61,85)(H,62,70)(H,63,80)(H,64,86)(H,65,81)(H,71,72)(H,73,74)(H,75,76)/t26-,28+,29+,30+,31+,32+,33+,39+,40+,41+,42+/m1/s1. The number of rotatable bonds is 41. The highest BCUT2D eigenvalue weighted by molar-refractivity contribution is 5.99. The number of carboxylic acid groups (broad SMARTS) is 3. The molecule has 0 rings (SSSR count). The maximum absolute atomic E-state index is 13.9. The van der Waals surface area contributed by atoms with Gasteiger partial charge in [0.25, 0.3) is 0 Å². The number of aliphatic hydroxyl groups is 2. The zero-order valence-corrected chi connectivity index (χ0v) is 49.9. The lowest BCUT2D eigenvalue weighted by molar-refractivity contribution is -0.140. The molecule has 0 bridgehead atoms. The minimum Gasteiger partial charge on any atom is -0.481 e. The monoisotopic (exact) mass is 1230 g/mol. The third kappa shape index (κ3) is 29.8. The molecule has 0 saturated heterocycles. The van der Waals surface area contributed by atoms with Crippen LogP contribution in [-0.2, 0) is 76.7 Å². The number of nitrogens with one attached hydrogen (secondary N) is 11. The van der Waals surface area contributed by atoms with Gasteiger partial charge in [0.2, 0.25) is 76.8 Å². The number of aliphatic hydroxyl groups excluding tert-OH is 2. The molecule has 0 fully saturated rings. The molecule has 0 unspecified atom stereocenters. The molecule has 0 aromatic carbocycles. The Morgan fingerprint density at radius 2 is 0.709 bits per heavy atom. The van der Waals surface area contributed by atoms with E-state index in [0.29, 0.717) is 0 Å². The SMILES string of the molecule is CC(=O)N[C@@H](CCC(=O)O)C(=O)N[C@@H](CCC(=O)O)C(=O)N[C@H](C(=O)N[C@H](C(=O)NCC(=O)N[C@H](C(=O)N[C@@H](CO)C(=O)N[C@@H](CCC(N)=O)C(=O)N[C@@H](CC(C)C)C(=O)N[C@@H](CCC(=O)O)C(=O)N[C@H](C(N)=O)C(C)C)C(C)C)C(C)C)[C@@H](C)O. The molecule has 0 saturated carbocycles. The van der Waals surface area contributed by atoms with Crippen LogP contribution < -0.4 is 70.0 Å². The first-order valence-corrected chi connectivity index (χ1v) is 27.6. The molecule has 86 heavy (non-hydrogen) atoms. The Bertz CT molecular complexity index is 2440. The summed E-state index contributed by atoms with van der Waals surface area (Å²) in [5, 5.41) is 74.0. The van der Waals surface area contributed by atoms with Gasteiger partial charge in [-0.1, -0.05) is 55.4 Å². The molecule has 11 atom stereocenters. The van der Waals surface area contributed by atoms with Gasteiger partial charge < -0.3 is 95.5 Å². The van der Waals surface area contributed by atoms with Gasteiger partial charge in [-0.05, 0) is 62.7 Å². The summed E-state index contributed by atoms with van der Waals surface area (Å²) in [7, 11) is 0. The van der Waals surface area contributed by atoms with E-state index in [4.69, 9.17) is 16.6 Å². The van der Waals surface area contributed by atoms with Gasteiger partial charge in [-0.25, -0.2) is 0 Å². The van der Waals surface area contributed by atoms with Gasteiger partial charge in [-0.2, -0.15) is 0 Å². The zero-order chi connectivity index (χ0) is 66.5. The fraction of sp³-hybridized carbons (Fsp3) is 0.692. The maximum atomic E-state index is 13.9. The smallest absolute Gasteiger partial charge is 0.303 e. The van der Waals surface area contributed by atoms with Gasteiger partial charge in [0, 0.05) is 32.6 Å². The Balaban J connectivity index is 6.33. The lowest BCUT2D eigenvalue weighted by Gasteiger charge is -2.28. The highest BCUT2D eigenvalue weighted by Gasteiger charge is 2.37. The van der Waals surface area contributed by atoms with Gasteiger partial charge >= 0.3 is 17.9 Å². The summed E-state index contributed by atoms with van der Waals surface area (Å²) < 4.78 is 0. The molecule has 34 nitrogen and oxygen atoms in total. The van der Waals surface area contributed by atoms with E-state index in [1.54, 1.807) is 27.7 Å². The number of primary amides is 2. The van der Waals surface area contributed by atoms with Crippen molar-refractivity contribution in [2.24, 2.45) is 35.1 Å². The van der Waals surface area contributed by atoms with Crippen LogP contribution >= 0.6 is 0 Å². The van der Waals surface area contributed by atoms with E-state index in [2.05, 4.69) is 58.5 Å². The maximum Gasteiger partial charge on any atom is 0.303 e. The van der Waals surface area contributed by atoms with Crippen molar-refractivity contribution in [3.8, 4) is 0 Å². The number of carbonyl (C=O) groups is 16. The van der Waals surface area contributed by atoms with Gasteiger partial charge in [-0.3, -0.25) is 76.7 Å². The van der Waals surface area contributed by atoms with E-state index in [0.717, 1.165) is 13.8 Å². The predicted octanol–water partition coefficient (Wildman–Crippen LogP) is -6.30. The fourth-order valence-electron chi connectivity index (χ4n) is 7.95. The molecular formula is C52H87N13O21. The summed E-state index contributed by atoms with van der Waals surface area (Å²) in [4.78, 5) is 205. The van der Waals surface area contributed by atoms with E-state index in [1.165, 1.54) is 27.7 Å². The van der Waals surface area contributed by atoms with E-state index in [-0.39, 0.29) is 12.3 Å². The van der Waals surface area contributed by atoms with Crippen molar-refractivity contribution in [2.45, 2.75) is 194 Å². The number of carbonyl (C=O) groups excluding carboxylic acids is 13. The van der Waals surface area contributed by atoms with Crippen LogP contribution in [0.3, 0.4) is 0 Å². The summed E-state index contributed by atoms with van der Waals surface area (Å²) in [6.07, 6.45) is -6.17. The van der Waals surface area contributed by atoms with Crippen molar-refractivity contribution in [3.05, 3.63) is 0 Å². The number of hydrogen-bond donors (Lipinski definition) is 18. The summed E-state index contributed by atoms with van der Waals surface area (Å²) in [5.74, 6) is -19.7. The summed E-state index contributed by atoms with van der Waals surface area (Å²) in [6, 6.07) is -15.8. The third-order valence-electron chi connectivity index (χ3n) is 12.6. The lowest BCUT2D eigenvalue weighted by Crippen LogP contribution is -2.62. The molecule has 0 radical (unpaired) electrons.